The van der Waals surface area contributed by atoms with Gasteiger partial charge in [0.2, 0.25) is 0 Å². The summed E-state index contributed by atoms with van der Waals surface area (Å²) in [6.45, 7) is 0. The average Bonchev–Trinajstić information content (AvgIpc) is 0.722. The first-order valence-electron chi connectivity index (χ1n) is 0.954. The summed E-state index contributed by atoms with van der Waals surface area (Å²) in [4.78, 5) is 0. The zero-order chi connectivity index (χ0) is 4.50. The Bertz CT molecular complexity index is 25.1. The minimum Gasteiger partial charge on any atom is 0.159 e. The van der Waals surface area contributed by atoms with Crippen LogP contribution in [-0.4, -0.2) is 1.28 Å². The Kier molecular flexibility index (Phi) is 3.55. The predicted octanol–water partition coefficient (Wildman–Crippen LogP) is 3.17. The van der Waals surface area contributed by atoms with Crippen LogP contribution < -0.4 is 0 Å². The predicted molar refractivity (Wildman–Crippen MR) is 40.2 cm³/mol. The Morgan fingerprint density at radius 2 is 2.00 bits per heavy atom. The van der Waals surface area contributed by atoms with Crippen molar-refractivity contribution in [1.29, 1.82) is 1.28 Å². The van der Waals surface area contributed by atoms with Gasteiger partial charge < -0.3 is 0 Å². The van der Waals surface area contributed by atoms with Crippen LogP contribution in [0.2, 0.25) is 0 Å². The minimum absolute atomic E-state index is 1.54. The Morgan fingerprint density at radius 1 is 2.00 bits per heavy atom. The molecule has 0 rings (SSSR count). The van der Waals surface area contributed by atoms with E-state index < -0.39 is 2.91 Å². The Balaban J connectivity index is 3.02. The average molecular weight is 320 g/mol. The van der Waals surface area contributed by atoms with Crippen molar-refractivity contribution in [3.8, 4) is 0 Å². The van der Waals surface area contributed by atoms with Gasteiger partial charge in [0.1, 0.15) is 0 Å². The van der Waals surface area contributed by atoms with Crippen molar-refractivity contribution in [1.82, 2.24) is 0 Å². The lowest BCUT2D eigenvalue weighted by Gasteiger charge is -1.55. The highest BCUT2D eigenvalue weighted by Crippen LogP contribution is 2.59. The Morgan fingerprint density at radius 3 is 2.00 bits per heavy atom. The van der Waals surface area contributed by atoms with Crippen molar-refractivity contribution in [2.45, 2.75) is 0 Å². The molecule has 0 fully saturated rings. The molecule has 0 aliphatic carbocycles. The molecular weight excluding hydrogens is 318 g/mol. The van der Waals surface area contributed by atoms with Gasteiger partial charge in [-0.3, -0.25) is 0 Å². The molecule has 0 aromatic carbocycles. The molecule has 0 N–H and O–H groups in total. The van der Waals surface area contributed by atoms with Gasteiger partial charge in [0, 0.05) is 0 Å². The van der Waals surface area contributed by atoms with E-state index in [2.05, 4.69) is 31.0 Å². The van der Waals surface area contributed by atoms with E-state index in [-0.39, 0.29) is 0 Å². The van der Waals surface area contributed by atoms with Gasteiger partial charge in [-0.2, -0.15) is 0 Å². The molecule has 0 aromatic heterocycles. The van der Waals surface area contributed by atoms with Gasteiger partial charge in [0.15, 0.2) is 55.9 Å². The Labute approximate surface area is 56.7 Å². The van der Waals surface area contributed by atoms with Crippen LogP contribution in [-0.2, 0) is 0 Å². The van der Waals surface area contributed by atoms with E-state index in [1.165, 1.54) is 0 Å². The van der Waals surface area contributed by atoms with Crippen molar-refractivity contribution < 1.29 is 0 Å². The van der Waals surface area contributed by atoms with Crippen molar-refractivity contribution in [2.24, 2.45) is 0 Å². The van der Waals surface area contributed by atoms with Crippen LogP contribution in [0.5, 0.6) is 0 Å². The summed E-state index contributed by atoms with van der Waals surface area (Å²) in [5.41, 5.74) is 0. The molecule has 0 aliphatic heterocycles. The molecule has 0 unspecified atom stereocenters. The molecule has 0 bridgehead atoms. The Hall–Kier alpha value is 2.12. The van der Waals surface area contributed by atoms with Crippen molar-refractivity contribution in [3.63, 3.8) is 0 Å². The summed E-state index contributed by atoms with van der Waals surface area (Å²) in [6.07, 6.45) is 0. The monoisotopic (exact) mass is 318 g/mol. The first-order valence-corrected chi connectivity index (χ1v) is 8.67. The molecule has 0 nitrogen and oxygen atoms in total. The van der Waals surface area contributed by atoms with Crippen LogP contribution in [0.15, 0.2) is 0 Å². The molecule has 0 saturated heterocycles. The minimum atomic E-state index is -1.54. The third kappa shape index (κ3) is 8.92. The van der Waals surface area contributed by atoms with Crippen molar-refractivity contribution in [2.75, 3.05) is 0 Å². The maximum absolute atomic E-state index is 6.87. The van der Waals surface area contributed by atoms with Crippen LogP contribution in [0.3, 0.4) is 0 Å². The largest absolute Gasteiger partial charge is 0.303 e. The fraction of sp³-hybridized carbons (Fsp3) is 0. The fourth-order valence-electron chi connectivity index (χ4n) is 0. The molecular formula is HBr2IP+. The number of hydrogen-bond acceptors (Lipinski definition) is 0. The molecule has 26 valence electrons. The van der Waals surface area contributed by atoms with E-state index in [0.29, 0.717) is 0 Å². The van der Waals surface area contributed by atoms with E-state index in [9.17, 15) is 0 Å². The highest BCUT2D eigenvalue weighted by atomic mass is 127. The zero-order valence-electron chi connectivity index (χ0n) is 2.58. The number of hydrogen-bond donors (Lipinski definition) is 0. The zero-order valence-corrected chi connectivity index (χ0v) is 7.81. The van der Waals surface area contributed by atoms with E-state index in [4.69, 9.17) is 1.28 Å². The van der Waals surface area contributed by atoms with Crippen LogP contribution in [0.4, 0.5) is 0 Å². The van der Waals surface area contributed by atoms with Gasteiger partial charge in [-0.15, -0.1) is 0 Å². The molecule has 4 heavy (non-hydrogen) atoms. The van der Waals surface area contributed by atoms with Crippen LogP contribution in [0.1, 0.15) is 0 Å². The second kappa shape index (κ2) is 3.32. The van der Waals surface area contributed by atoms with E-state index >= 15 is 0 Å². The lowest BCUT2D eigenvalue weighted by molar-refractivity contribution is 6.09. The van der Waals surface area contributed by atoms with E-state index in [1.54, 1.807) is 0 Å². The second-order valence-electron chi connectivity index (χ2n) is 0.192. The second-order valence-corrected chi connectivity index (χ2v) is 18.5. The quantitative estimate of drug-likeness (QED) is 0.475. The summed E-state index contributed by atoms with van der Waals surface area (Å²) < 4.78 is 5.32. The topological polar surface area (TPSA) is 0 Å². The normalized spacial score (nSPS) is 15.2. The van der Waals surface area contributed by atoms with E-state index in [1.807, 2.05) is 22.0 Å². The molecule has 4 heteroatoms. The summed E-state index contributed by atoms with van der Waals surface area (Å²) in [6, 6.07) is 0. The first kappa shape index (κ1) is 4.28. The van der Waals surface area contributed by atoms with Gasteiger partial charge in [0.25, 0.3) is 0 Å². The molecule has 0 atom stereocenters. The van der Waals surface area contributed by atoms with Gasteiger partial charge >= 0.3 is 1.28 Å². The third-order valence-corrected chi connectivity index (χ3v) is 0. The number of halogens is 3. The van der Waals surface area contributed by atoms with Crippen LogP contribution in [0, 0.1) is 0 Å². The van der Waals surface area contributed by atoms with E-state index in [0.717, 1.165) is 0 Å². The maximum Gasteiger partial charge on any atom is 0.303 e. The molecule has 0 heterocycles. The first-order chi connectivity index (χ1) is 2.00. The van der Waals surface area contributed by atoms with Gasteiger partial charge in [-0.1, -0.05) is 0 Å². The molecule has 0 amide bonds. The smallest absolute Gasteiger partial charge is 0.159 e. The maximum atomic E-state index is 6.87. The fourth-order valence-corrected chi connectivity index (χ4v) is 0. The SMILES string of the molecule is [2H][P+](Br)(Br)I. The lowest BCUT2D eigenvalue weighted by Crippen LogP contribution is -0.871. The third-order valence-electron chi connectivity index (χ3n) is 0. The standard InChI is InChI=1S/Br2IP/c1-4(2)3/p+1/i/hD. The molecule has 0 radical (unpaired) electrons. The molecule has 0 aromatic rings. The van der Waals surface area contributed by atoms with Crippen LogP contribution in [0.25, 0.3) is 0 Å². The summed E-state index contributed by atoms with van der Waals surface area (Å²) in [7, 11) is 0. The van der Waals surface area contributed by atoms with Crippen molar-refractivity contribution in [3.05, 3.63) is 0 Å². The lowest BCUT2D eigenvalue weighted by atomic mass is 30.9. The highest BCUT2D eigenvalue weighted by Gasteiger charge is 1.92. The van der Waals surface area contributed by atoms with Gasteiger partial charge in [-0.05, 0) is 0 Å². The van der Waals surface area contributed by atoms with Crippen LogP contribution >= 0.6 is 55.9 Å². The number of rotatable bonds is 0. The molecule has 0 saturated carbocycles. The van der Waals surface area contributed by atoms with Gasteiger partial charge in [0.05, 0.1) is 0 Å². The van der Waals surface area contributed by atoms with Gasteiger partial charge in [-0.25, -0.2) is 0 Å². The van der Waals surface area contributed by atoms with Crippen molar-refractivity contribution >= 4 is 55.9 Å². The molecule has 0 aliphatic rings. The summed E-state index contributed by atoms with van der Waals surface area (Å²) in [5, 5.41) is 0. The summed E-state index contributed by atoms with van der Waals surface area (Å²) >= 11 is 8.10. The molecule has 0 spiro atoms. The highest BCUT2D eigenvalue weighted by molar-refractivity contribution is 14.2. The summed E-state index contributed by atoms with van der Waals surface area (Å²) in [5.74, 6) is 0.